The van der Waals surface area contributed by atoms with Gasteiger partial charge in [-0.1, -0.05) is 12.1 Å². The Bertz CT molecular complexity index is 586. The normalized spacial score (nSPS) is 10.4. The molecule has 112 valence electrons. The highest BCUT2D eigenvalue weighted by Crippen LogP contribution is 2.20. The van der Waals surface area contributed by atoms with Gasteiger partial charge in [0.05, 0.1) is 17.9 Å². The van der Waals surface area contributed by atoms with Crippen molar-refractivity contribution in [2.45, 2.75) is 27.2 Å². The molecule has 0 fully saturated rings. The minimum atomic E-state index is -0.268. The molecule has 0 bridgehead atoms. The quantitative estimate of drug-likeness (QED) is 0.829. The maximum atomic E-state index is 11.5. The number of hydrogen-bond donors (Lipinski definition) is 1. The lowest BCUT2D eigenvalue weighted by Crippen LogP contribution is -2.06. The number of aromatic nitrogens is 1. The zero-order valence-electron chi connectivity index (χ0n) is 12.6. The maximum absolute atomic E-state index is 11.5. The van der Waals surface area contributed by atoms with Gasteiger partial charge in [0, 0.05) is 11.4 Å². The van der Waals surface area contributed by atoms with Crippen molar-refractivity contribution in [1.82, 2.24) is 4.98 Å². The Kier molecular flexibility index (Phi) is 5.33. The van der Waals surface area contributed by atoms with E-state index in [0.717, 1.165) is 23.8 Å². The fourth-order valence-corrected chi connectivity index (χ4v) is 2.72. The van der Waals surface area contributed by atoms with Gasteiger partial charge in [0.15, 0.2) is 5.13 Å². The molecular weight excluding hydrogens is 284 g/mol. The van der Waals surface area contributed by atoms with Gasteiger partial charge in [0.2, 0.25) is 0 Å². The second kappa shape index (κ2) is 7.22. The third-order valence-electron chi connectivity index (χ3n) is 3.18. The standard InChI is InChI=1S/C16H20N2O2S/c1-4-20-15(19)14-7-5-13(6-8-14)9-10-17-16-18-11(2)12(3)21-16/h5-8H,4,9-10H2,1-3H3,(H,17,18). The fourth-order valence-electron chi connectivity index (χ4n) is 1.88. The van der Waals surface area contributed by atoms with Crippen molar-refractivity contribution < 1.29 is 9.53 Å². The summed E-state index contributed by atoms with van der Waals surface area (Å²) in [5.74, 6) is -0.268. The minimum absolute atomic E-state index is 0.268. The van der Waals surface area contributed by atoms with Crippen LogP contribution >= 0.6 is 11.3 Å². The smallest absolute Gasteiger partial charge is 0.338 e. The third-order valence-corrected chi connectivity index (χ3v) is 4.21. The average molecular weight is 304 g/mol. The lowest BCUT2D eigenvalue weighted by atomic mass is 10.1. The number of anilines is 1. The van der Waals surface area contributed by atoms with E-state index in [1.165, 1.54) is 10.4 Å². The summed E-state index contributed by atoms with van der Waals surface area (Å²) in [6, 6.07) is 7.55. The van der Waals surface area contributed by atoms with E-state index >= 15 is 0 Å². The summed E-state index contributed by atoms with van der Waals surface area (Å²) in [5.41, 5.74) is 2.86. The van der Waals surface area contributed by atoms with E-state index in [-0.39, 0.29) is 5.97 Å². The molecule has 5 heteroatoms. The molecule has 0 amide bonds. The van der Waals surface area contributed by atoms with Gasteiger partial charge in [0.25, 0.3) is 0 Å². The van der Waals surface area contributed by atoms with Crippen LogP contribution in [0.3, 0.4) is 0 Å². The molecule has 1 heterocycles. The first-order valence-corrected chi connectivity index (χ1v) is 7.85. The molecule has 2 aromatic rings. The van der Waals surface area contributed by atoms with Crippen LogP contribution in [-0.2, 0) is 11.2 Å². The van der Waals surface area contributed by atoms with Crippen molar-refractivity contribution in [2.75, 3.05) is 18.5 Å². The maximum Gasteiger partial charge on any atom is 0.338 e. The predicted octanol–water partition coefficient (Wildman–Crippen LogP) is 3.59. The zero-order chi connectivity index (χ0) is 15.2. The summed E-state index contributed by atoms with van der Waals surface area (Å²) in [6.07, 6.45) is 0.890. The largest absolute Gasteiger partial charge is 0.462 e. The van der Waals surface area contributed by atoms with E-state index in [1.807, 2.05) is 31.2 Å². The molecule has 0 atom stereocenters. The molecule has 21 heavy (non-hydrogen) atoms. The molecular formula is C16H20N2O2S. The fraction of sp³-hybridized carbons (Fsp3) is 0.375. The number of nitrogens with zero attached hydrogens (tertiary/aromatic N) is 1. The van der Waals surface area contributed by atoms with Gasteiger partial charge < -0.3 is 10.1 Å². The van der Waals surface area contributed by atoms with Gasteiger partial charge in [-0.3, -0.25) is 0 Å². The van der Waals surface area contributed by atoms with E-state index < -0.39 is 0 Å². The van der Waals surface area contributed by atoms with Crippen molar-refractivity contribution in [2.24, 2.45) is 0 Å². The van der Waals surface area contributed by atoms with Crippen LogP contribution < -0.4 is 5.32 Å². The Balaban J connectivity index is 1.85. The van der Waals surface area contributed by atoms with Gasteiger partial charge in [-0.15, -0.1) is 11.3 Å². The molecule has 0 radical (unpaired) electrons. The Labute approximate surface area is 129 Å². The molecule has 0 aliphatic heterocycles. The van der Waals surface area contributed by atoms with E-state index in [4.69, 9.17) is 4.74 Å². The van der Waals surface area contributed by atoms with Crippen LogP contribution in [0, 0.1) is 13.8 Å². The molecule has 0 spiro atoms. The van der Waals surface area contributed by atoms with Crippen molar-refractivity contribution in [3.05, 3.63) is 46.0 Å². The highest BCUT2D eigenvalue weighted by molar-refractivity contribution is 7.15. The van der Waals surface area contributed by atoms with Crippen LogP contribution in [0.5, 0.6) is 0 Å². The number of thiazole rings is 1. The topological polar surface area (TPSA) is 51.2 Å². The average Bonchev–Trinajstić information content (AvgIpc) is 2.78. The van der Waals surface area contributed by atoms with E-state index in [9.17, 15) is 4.79 Å². The molecule has 0 aliphatic carbocycles. The summed E-state index contributed by atoms with van der Waals surface area (Å²) in [5, 5.41) is 4.29. The second-order valence-electron chi connectivity index (χ2n) is 4.75. The summed E-state index contributed by atoms with van der Waals surface area (Å²) >= 11 is 1.68. The number of rotatable bonds is 6. The second-order valence-corrected chi connectivity index (χ2v) is 5.96. The van der Waals surface area contributed by atoms with Crippen molar-refractivity contribution >= 4 is 22.4 Å². The molecule has 0 saturated carbocycles. The number of aryl methyl sites for hydroxylation is 2. The number of carbonyl (C=O) groups is 1. The summed E-state index contributed by atoms with van der Waals surface area (Å²) in [6.45, 7) is 7.12. The minimum Gasteiger partial charge on any atom is -0.462 e. The summed E-state index contributed by atoms with van der Waals surface area (Å²) in [7, 11) is 0. The van der Waals surface area contributed by atoms with Crippen LogP contribution in [0.15, 0.2) is 24.3 Å². The van der Waals surface area contributed by atoms with Gasteiger partial charge in [-0.25, -0.2) is 9.78 Å². The predicted molar refractivity (Wildman–Crippen MR) is 86.2 cm³/mol. The Morgan fingerprint density at radius 3 is 2.57 bits per heavy atom. The third kappa shape index (κ3) is 4.29. The number of benzene rings is 1. The van der Waals surface area contributed by atoms with Gasteiger partial charge in [0.1, 0.15) is 0 Å². The first-order valence-electron chi connectivity index (χ1n) is 7.04. The monoisotopic (exact) mass is 304 g/mol. The number of esters is 1. The van der Waals surface area contributed by atoms with Crippen LogP contribution in [-0.4, -0.2) is 24.1 Å². The number of ether oxygens (including phenoxy) is 1. The Hall–Kier alpha value is -1.88. The van der Waals surface area contributed by atoms with Crippen molar-refractivity contribution in [1.29, 1.82) is 0 Å². The SMILES string of the molecule is CCOC(=O)c1ccc(CCNc2nc(C)c(C)s2)cc1. The lowest BCUT2D eigenvalue weighted by molar-refractivity contribution is 0.0526. The number of carbonyl (C=O) groups excluding carboxylic acids is 1. The number of nitrogens with one attached hydrogen (secondary N) is 1. The van der Waals surface area contributed by atoms with Crippen LogP contribution in [0.1, 0.15) is 33.4 Å². The molecule has 0 aliphatic rings. The zero-order valence-corrected chi connectivity index (χ0v) is 13.4. The van der Waals surface area contributed by atoms with Gasteiger partial charge in [-0.05, 0) is 44.9 Å². The van der Waals surface area contributed by atoms with E-state index in [0.29, 0.717) is 12.2 Å². The van der Waals surface area contributed by atoms with E-state index in [2.05, 4.69) is 17.2 Å². The molecule has 2 rings (SSSR count). The first-order chi connectivity index (χ1) is 10.1. The van der Waals surface area contributed by atoms with Crippen molar-refractivity contribution in [3.63, 3.8) is 0 Å². The van der Waals surface area contributed by atoms with Crippen LogP contribution in [0.4, 0.5) is 5.13 Å². The Morgan fingerprint density at radius 1 is 1.29 bits per heavy atom. The Morgan fingerprint density at radius 2 is 2.00 bits per heavy atom. The molecule has 4 nitrogen and oxygen atoms in total. The van der Waals surface area contributed by atoms with Gasteiger partial charge >= 0.3 is 5.97 Å². The molecule has 1 aromatic heterocycles. The van der Waals surface area contributed by atoms with Crippen LogP contribution in [0.25, 0.3) is 0 Å². The van der Waals surface area contributed by atoms with Crippen LogP contribution in [0.2, 0.25) is 0 Å². The van der Waals surface area contributed by atoms with Gasteiger partial charge in [-0.2, -0.15) is 0 Å². The lowest BCUT2D eigenvalue weighted by Gasteiger charge is -2.05. The molecule has 1 aromatic carbocycles. The number of hydrogen-bond acceptors (Lipinski definition) is 5. The molecule has 1 N–H and O–H groups in total. The summed E-state index contributed by atoms with van der Waals surface area (Å²) in [4.78, 5) is 17.2. The molecule has 0 unspecified atom stereocenters. The van der Waals surface area contributed by atoms with Crippen molar-refractivity contribution in [3.8, 4) is 0 Å². The highest BCUT2D eigenvalue weighted by Gasteiger charge is 2.06. The highest BCUT2D eigenvalue weighted by atomic mass is 32.1. The molecule has 0 saturated heterocycles. The summed E-state index contributed by atoms with van der Waals surface area (Å²) < 4.78 is 4.96. The van der Waals surface area contributed by atoms with E-state index in [1.54, 1.807) is 18.3 Å². The first kappa shape index (κ1) is 15.5.